The summed E-state index contributed by atoms with van der Waals surface area (Å²) in [6.07, 6.45) is 0. The van der Waals surface area contributed by atoms with Crippen molar-refractivity contribution in [2.75, 3.05) is 7.11 Å². The molecule has 0 bridgehead atoms. The van der Waals surface area contributed by atoms with Gasteiger partial charge in [0.05, 0.1) is 18.7 Å². The molecule has 0 heterocycles. The summed E-state index contributed by atoms with van der Waals surface area (Å²) in [6, 6.07) is 15.4. The molecule has 0 amide bonds. The van der Waals surface area contributed by atoms with Crippen LogP contribution in [-0.4, -0.2) is 7.11 Å². The van der Waals surface area contributed by atoms with E-state index in [1.54, 1.807) is 19.2 Å². The summed E-state index contributed by atoms with van der Waals surface area (Å²) in [5, 5.41) is 8.82. The summed E-state index contributed by atoms with van der Waals surface area (Å²) in [4.78, 5) is 0. The van der Waals surface area contributed by atoms with Gasteiger partial charge >= 0.3 is 0 Å². The lowest BCUT2D eigenvalue weighted by Crippen LogP contribution is -2.13. The average molecular weight is 295 g/mol. The van der Waals surface area contributed by atoms with Crippen molar-refractivity contribution < 1.29 is 9.47 Å². The highest BCUT2D eigenvalue weighted by atomic mass is 16.5. The normalized spacial score (nSPS) is 10.9. The fourth-order valence-corrected chi connectivity index (χ4v) is 2.18. The second kappa shape index (κ2) is 6.53. The van der Waals surface area contributed by atoms with Gasteiger partial charge in [0.2, 0.25) is 0 Å². The van der Waals surface area contributed by atoms with E-state index in [0.29, 0.717) is 12.2 Å². The van der Waals surface area contributed by atoms with Crippen LogP contribution in [0.1, 0.15) is 37.5 Å². The minimum Gasteiger partial charge on any atom is -0.497 e. The lowest BCUT2D eigenvalue weighted by atomic mass is 9.86. The fourth-order valence-electron chi connectivity index (χ4n) is 2.18. The summed E-state index contributed by atoms with van der Waals surface area (Å²) in [7, 11) is 1.67. The molecule has 0 atom stereocenters. The summed E-state index contributed by atoms with van der Waals surface area (Å²) in [5.74, 6) is 1.69. The second-order valence-corrected chi connectivity index (χ2v) is 6.21. The summed E-state index contributed by atoms with van der Waals surface area (Å²) >= 11 is 0. The number of benzene rings is 2. The van der Waals surface area contributed by atoms with Gasteiger partial charge in [0, 0.05) is 5.56 Å². The lowest BCUT2D eigenvalue weighted by molar-refractivity contribution is 0.296. The van der Waals surface area contributed by atoms with Crippen molar-refractivity contribution in [2.24, 2.45) is 0 Å². The number of hydrogen-bond acceptors (Lipinski definition) is 3. The SMILES string of the molecule is COc1ccc(OCc2ccc(C#N)cc2)c(C(C)(C)C)c1. The fraction of sp³-hybridized carbons (Fsp3) is 0.316. The number of ether oxygens (including phenoxy) is 2. The van der Waals surface area contributed by atoms with Crippen LogP contribution < -0.4 is 9.47 Å². The van der Waals surface area contributed by atoms with E-state index in [4.69, 9.17) is 14.7 Å². The van der Waals surface area contributed by atoms with Crippen molar-refractivity contribution in [3.63, 3.8) is 0 Å². The van der Waals surface area contributed by atoms with Crippen LogP contribution in [0.2, 0.25) is 0 Å². The monoisotopic (exact) mass is 295 g/mol. The maximum Gasteiger partial charge on any atom is 0.123 e. The molecule has 0 aliphatic rings. The summed E-state index contributed by atoms with van der Waals surface area (Å²) < 4.78 is 11.3. The molecular weight excluding hydrogens is 274 g/mol. The highest BCUT2D eigenvalue weighted by molar-refractivity contribution is 5.44. The molecule has 22 heavy (non-hydrogen) atoms. The predicted octanol–water partition coefficient (Wildman–Crippen LogP) is 4.44. The van der Waals surface area contributed by atoms with Gasteiger partial charge in [-0.15, -0.1) is 0 Å². The van der Waals surface area contributed by atoms with Crippen molar-refractivity contribution >= 4 is 0 Å². The van der Waals surface area contributed by atoms with Crippen LogP contribution in [0.15, 0.2) is 42.5 Å². The largest absolute Gasteiger partial charge is 0.497 e. The first kappa shape index (κ1) is 15.9. The Morgan fingerprint density at radius 3 is 2.27 bits per heavy atom. The number of hydrogen-bond donors (Lipinski definition) is 0. The van der Waals surface area contributed by atoms with Crippen LogP contribution in [0.4, 0.5) is 0 Å². The molecule has 0 saturated heterocycles. The predicted molar refractivity (Wildman–Crippen MR) is 87.2 cm³/mol. The third-order valence-corrected chi connectivity index (χ3v) is 3.47. The molecule has 3 heteroatoms. The number of nitriles is 1. The van der Waals surface area contributed by atoms with Gasteiger partial charge in [-0.3, -0.25) is 0 Å². The van der Waals surface area contributed by atoms with E-state index in [1.807, 2.05) is 30.3 Å². The van der Waals surface area contributed by atoms with Crippen LogP contribution >= 0.6 is 0 Å². The number of methoxy groups -OCH3 is 1. The minimum absolute atomic E-state index is 0.0332. The standard InChI is InChI=1S/C19H21NO2/c1-19(2,3)17-11-16(21-4)9-10-18(17)22-13-15-7-5-14(12-20)6-8-15/h5-11H,13H2,1-4H3. The van der Waals surface area contributed by atoms with E-state index in [2.05, 4.69) is 26.8 Å². The molecule has 0 unspecified atom stereocenters. The first-order valence-corrected chi connectivity index (χ1v) is 7.24. The van der Waals surface area contributed by atoms with Crippen LogP contribution in [0, 0.1) is 11.3 Å². The van der Waals surface area contributed by atoms with E-state index >= 15 is 0 Å². The van der Waals surface area contributed by atoms with Gasteiger partial charge in [-0.05, 0) is 41.3 Å². The highest BCUT2D eigenvalue weighted by Crippen LogP contribution is 2.34. The molecule has 114 valence electrons. The Morgan fingerprint density at radius 1 is 1.05 bits per heavy atom. The van der Waals surface area contributed by atoms with E-state index in [1.165, 1.54) is 0 Å². The van der Waals surface area contributed by atoms with Gasteiger partial charge in [0.25, 0.3) is 0 Å². The third kappa shape index (κ3) is 3.79. The Kier molecular flexibility index (Phi) is 4.72. The summed E-state index contributed by atoms with van der Waals surface area (Å²) in [6.45, 7) is 6.92. The van der Waals surface area contributed by atoms with Gasteiger partial charge in [-0.2, -0.15) is 5.26 Å². The average Bonchev–Trinajstić information content (AvgIpc) is 2.52. The minimum atomic E-state index is -0.0332. The number of nitrogens with zero attached hydrogens (tertiary/aromatic N) is 1. The molecule has 2 aromatic rings. The Labute approximate surface area is 132 Å². The molecule has 0 spiro atoms. The Bertz CT molecular complexity index is 676. The molecular formula is C19H21NO2. The first-order valence-electron chi connectivity index (χ1n) is 7.24. The van der Waals surface area contributed by atoms with E-state index in [-0.39, 0.29) is 5.41 Å². The number of rotatable bonds is 4. The Hall–Kier alpha value is -2.47. The molecule has 0 fully saturated rings. The first-order chi connectivity index (χ1) is 10.4. The smallest absolute Gasteiger partial charge is 0.123 e. The van der Waals surface area contributed by atoms with Gasteiger partial charge in [0.15, 0.2) is 0 Å². The molecule has 0 radical (unpaired) electrons. The van der Waals surface area contributed by atoms with Gasteiger partial charge in [-0.1, -0.05) is 32.9 Å². The van der Waals surface area contributed by atoms with Gasteiger partial charge in [-0.25, -0.2) is 0 Å². The molecule has 0 aliphatic heterocycles. The molecule has 0 N–H and O–H groups in total. The second-order valence-electron chi connectivity index (χ2n) is 6.21. The van der Waals surface area contributed by atoms with E-state index < -0.39 is 0 Å². The Balaban J connectivity index is 2.20. The van der Waals surface area contributed by atoms with E-state index in [0.717, 1.165) is 22.6 Å². The van der Waals surface area contributed by atoms with Crippen molar-refractivity contribution in [3.05, 3.63) is 59.2 Å². The van der Waals surface area contributed by atoms with Crippen molar-refractivity contribution in [1.82, 2.24) is 0 Å². The zero-order chi connectivity index (χ0) is 16.2. The van der Waals surface area contributed by atoms with Crippen LogP contribution in [0.3, 0.4) is 0 Å². The van der Waals surface area contributed by atoms with Gasteiger partial charge < -0.3 is 9.47 Å². The van der Waals surface area contributed by atoms with Crippen LogP contribution in [0.5, 0.6) is 11.5 Å². The van der Waals surface area contributed by atoms with Crippen molar-refractivity contribution in [3.8, 4) is 17.6 Å². The molecule has 2 rings (SSSR count). The summed E-state index contributed by atoms with van der Waals surface area (Å²) in [5.41, 5.74) is 2.77. The zero-order valence-electron chi connectivity index (χ0n) is 13.5. The third-order valence-electron chi connectivity index (χ3n) is 3.47. The van der Waals surface area contributed by atoms with Gasteiger partial charge in [0.1, 0.15) is 18.1 Å². The van der Waals surface area contributed by atoms with Crippen LogP contribution in [0.25, 0.3) is 0 Å². The Morgan fingerprint density at radius 2 is 1.73 bits per heavy atom. The van der Waals surface area contributed by atoms with Crippen molar-refractivity contribution in [1.29, 1.82) is 5.26 Å². The quantitative estimate of drug-likeness (QED) is 0.837. The van der Waals surface area contributed by atoms with Crippen LogP contribution in [-0.2, 0) is 12.0 Å². The maximum absolute atomic E-state index is 8.82. The zero-order valence-corrected chi connectivity index (χ0v) is 13.5. The maximum atomic E-state index is 8.82. The molecule has 2 aromatic carbocycles. The molecule has 3 nitrogen and oxygen atoms in total. The topological polar surface area (TPSA) is 42.2 Å². The van der Waals surface area contributed by atoms with E-state index in [9.17, 15) is 0 Å². The molecule has 0 saturated carbocycles. The lowest BCUT2D eigenvalue weighted by Gasteiger charge is -2.23. The molecule has 0 aromatic heterocycles. The highest BCUT2D eigenvalue weighted by Gasteiger charge is 2.20. The molecule has 0 aliphatic carbocycles. The van der Waals surface area contributed by atoms with Crippen molar-refractivity contribution in [2.45, 2.75) is 32.8 Å².